The van der Waals surface area contributed by atoms with Gasteiger partial charge in [0.2, 0.25) is 0 Å². The van der Waals surface area contributed by atoms with Gasteiger partial charge in [0, 0.05) is 38.3 Å². The zero-order valence-corrected chi connectivity index (χ0v) is 15.0. The van der Waals surface area contributed by atoms with Crippen LogP contribution in [0, 0.1) is 0 Å². The monoisotopic (exact) mass is 338 g/mol. The minimum Gasteiger partial charge on any atom is -0.491 e. The summed E-state index contributed by atoms with van der Waals surface area (Å²) in [5.74, 6) is 0.845. The molecular formula is C21H26N2O2. The highest BCUT2D eigenvalue weighted by Crippen LogP contribution is 2.17. The van der Waals surface area contributed by atoms with Gasteiger partial charge in [-0.25, -0.2) is 0 Å². The van der Waals surface area contributed by atoms with Crippen LogP contribution in [0.2, 0.25) is 0 Å². The summed E-state index contributed by atoms with van der Waals surface area (Å²) >= 11 is 0. The third kappa shape index (κ3) is 4.83. The number of rotatable bonds is 5. The number of carbonyl (C=O) groups is 1. The van der Waals surface area contributed by atoms with E-state index in [1.165, 1.54) is 5.56 Å². The first-order valence-electron chi connectivity index (χ1n) is 8.94. The molecule has 0 radical (unpaired) electrons. The van der Waals surface area contributed by atoms with E-state index < -0.39 is 0 Å². The largest absolute Gasteiger partial charge is 0.491 e. The first-order valence-corrected chi connectivity index (χ1v) is 8.94. The Morgan fingerprint density at radius 2 is 1.72 bits per heavy atom. The molecule has 0 spiro atoms. The van der Waals surface area contributed by atoms with Crippen molar-refractivity contribution in [1.82, 2.24) is 9.80 Å². The van der Waals surface area contributed by atoms with Crippen molar-refractivity contribution in [2.45, 2.75) is 26.5 Å². The SMILES string of the molecule is CC(C)Oc1cccc(C(=O)N2CCN(Cc3ccccc3)CC2)c1. The van der Waals surface area contributed by atoms with E-state index in [4.69, 9.17) is 4.74 Å². The molecule has 3 rings (SSSR count). The molecule has 1 amide bonds. The second-order valence-electron chi connectivity index (χ2n) is 6.75. The molecular weight excluding hydrogens is 312 g/mol. The molecule has 1 saturated heterocycles. The fourth-order valence-corrected chi connectivity index (χ4v) is 3.11. The van der Waals surface area contributed by atoms with Crippen molar-refractivity contribution in [3.63, 3.8) is 0 Å². The number of hydrogen-bond acceptors (Lipinski definition) is 3. The van der Waals surface area contributed by atoms with Crippen LogP contribution in [-0.2, 0) is 6.54 Å². The van der Waals surface area contributed by atoms with Gasteiger partial charge in [-0.3, -0.25) is 9.69 Å². The number of piperazine rings is 1. The van der Waals surface area contributed by atoms with Crippen molar-refractivity contribution in [3.05, 3.63) is 65.7 Å². The number of amides is 1. The Morgan fingerprint density at radius 1 is 1.00 bits per heavy atom. The molecule has 4 heteroatoms. The summed E-state index contributed by atoms with van der Waals surface area (Å²) in [5.41, 5.74) is 2.02. The maximum absolute atomic E-state index is 12.8. The molecule has 0 N–H and O–H groups in total. The zero-order valence-electron chi connectivity index (χ0n) is 15.0. The Bertz CT molecular complexity index is 692. The minimum absolute atomic E-state index is 0.0913. The van der Waals surface area contributed by atoms with Gasteiger partial charge < -0.3 is 9.64 Å². The standard InChI is InChI=1S/C21H26N2O2/c1-17(2)25-20-10-6-9-19(15-20)21(24)23-13-11-22(12-14-23)16-18-7-4-3-5-8-18/h3-10,15,17H,11-14,16H2,1-2H3. The van der Waals surface area contributed by atoms with Crippen LogP contribution in [0.1, 0.15) is 29.8 Å². The second kappa shape index (κ2) is 8.17. The Balaban J connectivity index is 1.56. The Kier molecular flexibility index (Phi) is 5.71. The van der Waals surface area contributed by atoms with E-state index >= 15 is 0 Å². The number of carbonyl (C=O) groups excluding carboxylic acids is 1. The normalized spacial score (nSPS) is 15.4. The van der Waals surface area contributed by atoms with Crippen LogP contribution in [0.5, 0.6) is 5.75 Å². The van der Waals surface area contributed by atoms with Crippen molar-refractivity contribution in [2.75, 3.05) is 26.2 Å². The van der Waals surface area contributed by atoms with Crippen LogP contribution in [-0.4, -0.2) is 48.0 Å². The van der Waals surface area contributed by atoms with Crippen LogP contribution in [0.15, 0.2) is 54.6 Å². The Labute approximate surface area is 150 Å². The lowest BCUT2D eigenvalue weighted by Gasteiger charge is -2.34. The summed E-state index contributed by atoms with van der Waals surface area (Å²) in [6.45, 7) is 8.26. The fraction of sp³-hybridized carbons (Fsp3) is 0.381. The number of benzene rings is 2. The molecule has 0 aromatic heterocycles. The molecule has 0 saturated carbocycles. The van der Waals surface area contributed by atoms with E-state index in [-0.39, 0.29) is 12.0 Å². The van der Waals surface area contributed by atoms with Crippen LogP contribution >= 0.6 is 0 Å². The van der Waals surface area contributed by atoms with E-state index in [9.17, 15) is 4.79 Å². The molecule has 25 heavy (non-hydrogen) atoms. The minimum atomic E-state index is 0.0913. The molecule has 0 atom stereocenters. The van der Waals surface area contributed by atoms with Crippen LogP contribution < -0.4 is 4.74 Å². The molecule has 1 heterocycles. The average molecular weight is 338 g/mol. The highest BCUT2D eigenvalue weighted by molar-refractivity contribution is 5.94. The van der Waals surface area contributed by atoms with E-state index in [2.05, 4.69) is 29.2 Å². The maximum atomic E-state index is 12.8. The fourth-order valence-electron chi connectivity index (χ4n) is 3.11. The van der Waals surface area contributed by atoms with E-state index in [1.54, 1.807) is 0 Å². The highest BCUT2D eigenvalue weighted by atomic mass is 16.5. The van der Waals surface area contributed by atoms with Crippen molar-refractivity contribution in [1.29, 1.82) is 0 Å². The summed E-state index contributed by atoms with van der Waals surface area (Å²) in [5, 5.41) is 0. The van der Waals surface area contributed by atoms with Crippen molar-refractivity contribution in [3.8, 4) is 5.75 Å². The van der Waals surface area contributed by atoms with Gasteiger partial charge in [-0.2, -0.15) is 0 Å². The number of ether oxygens (including phenoxy) is 1. The molecule has 0 bridgehead atoms. The first kappa shape index (κ1) is 17.5. The summed E-state index contributed by atoms with van der Waals surface area (Å²) in [7, 11) is 0. The number of nitrogens with zero attached hydrogens (tertiary/aromatic N) is 2. The quantitative estimate of drug-likeness (QED) is 0.837. The van der Waals surface area contributed by atoms with E-state index in [0.717, 1.165) is 38.5 Å². The van der Waals surface area contributed by atoms with Gasteiger partial charge in [0.25, 0.3) is 5.91 Å². The summed E-state index contributed by atoms with van der Waals surface area (Å²) in [6.07, 6.45) is 0.104. The molecule has 4 nitrogen and oxygen atoms in total. The molecule has 0 aliphatic carbocycles. The zero-order chi connectivity index (χ0) is 17.6. The molecule has 1 fully saturated rings. The third-order valence-corrected chi connectivity index (χ3v) is 4.36. The smallest absolute Gasteiger partial charge is 0.254 e. The highest BCUT2D eigenvalue weighted by Gasteiger charge is 2.22. The van der Waals surface area contributed by atoms with Gasteiger partial charge in [-0.15, -0.1) is 0 Å². The van der Waals surface area contributed by atoms with E-state index in [0.29, 0.717) is 5.56 Å². The van der Waals surface area contributed by atoms with Gasteiger partial charge >= 0.3 is 0 Å². The third-order valence-electron chi connectivity index (χ3n) is 4.36. The van der Waals surface area contributed by atoms with Gasteiger partial charge in [0.05, 0.1) is 6.10 Å². The van der Waals surface area contributed by atoms with Crippen LogP contribution in [0.3, 0.4) is 0 Å². The van der Waals surface area contributed by atoms with Crippen LogP contribution in [0.4, 0.5) is 0 Å². The van der Waals surface area contributed by atoms with Gasteiger partial charge in [0.15, 0.2) is 0 Å². The number of hydrogen-bond donors (Lipinski definition) is 0. The van der Waals surface area contributed by atoms with Gasteiger partial charge in [-0.1, -0.05) is 36.4 Å². The molecule has 1 aliphatic rings. The molecule has 2 aromatic carbocycles. The average Bonchev–Trinajstić information content (AvgIpc) is 2.62. The summed E-state index contributed by atoms with van der Waals surface area (Å²) < 4.78 is 5.70. The molecule has 2 aromatic rings. The molecule has 1 aliphatic heterocycles. The lowest BCUT2D eigenvalue weighted by atomic mass is 10.1. The van der Waals surface area contributed by atoms with Gasteiger partial charge in [-0.05, 0) is 37.6 Å². The maximum Gasteiger partial charge on any atom is 0.254 e. The Morgan fingerprint density at radius 3 is 2.40 bits per heavy atom. The predicted octanol–water partition coefficient (Wildman–Crippen LogP) is 3.43. The van der Waals surface area contributed by atoms with Crippen molar-refractivity contribution in [2.24, 2.45) is 0 Å². The lowest BCUT2D eigenvalue weighted by Crippen LogP contribution is -2.48. The Hall–Kier alpha value is -2.33. The second-order valence-corrected chi connectivity index (χ2v) is 6.75. The topological polar surface area (TPSA) is 32.8 Å². The summed E-state index contributed by atoms with van der Waals surface area (Å²) in [4.78, 5) is 17.1. The van der Waals surface area contributed by atoms with Crippen molar-refractivity contribution >= 4 is 5.91 Å². The molecule has 0 unspecified atom stereocenters. The van der Waals surface area contributed by atoms with Gasteiger partial charge in [0.1, 0.15) is 5.75 Å². The summed E-state index contributed by atoms with van der Waals surface area (Å²) in [6, 6.07) is 18.0. The predicted molar refractivity (Wildman–Crippen MR) is 99.8 cm³/mol. The van der Waals surface area contributed by atoms with Crippen molar-refractivity contribution < 1.29 is 9.53 Å². The molecule has 132 valence electrons. The van der Waals surface area contributed by atoms with Crippen LogP contribution in [0.25, 0.3) is 0 Å². The first-order chi connectivity index (χ1) is 12.1. The van der Waals surface area contributed by atoms with E-state index in [1.807, 2.05) is 49.1 Å². The lowest BCUT2D eigenvalue weighted by molar-refractivity contribution is 0.0628.